The van der Waals surface area contributed by atoms with Crippen LogP contribution >= 0.6 is 12.2 Å². The molecular weight excluding hydrogens is 244 g/mol. The Bertz CT molecular complexity index is 466. The molecule has 0 aromatic carbocycles. The number of thiocarbonyl (C=S) groups is 1. The monoisotopic (exact) mass is 266 g/mol. The van der Waals surface area contributed by atoms with E-state index < -0.39 is 0 Å². The van der Waals surface area contributed by atoms with Crippen LogP contribution in [0.25, 0.3) is 0 Å². The number of anilines is 1. The van der Waals surface area contributed by atoms with Gasteiger partial charge in [-0.05, 0) is 25.2 Å². The number of aromatic nitrogens is 2. The van der Waals surface area contributed by atoms with Gasteiger partial charge in [-0.1, -0.05) is 26.1 Å². The minimum Gasteiger partial charge on any atom is -0.389 e. The fourth-order valence-corrected chi connectivity index (χ4v) is 2.99. The Hall–Kier alpha value is -1.10. The number of rotatable bonds is 2. The third kappa shape index (κ3) is 2.23. The zero-order chi connectivity index (χ0) is 13.4. The Balaban J connectivity index is 2.36. The van der Waals surface area contributed by atoms with Crippen molar-refractivity contribution in [2.45, 2.75) is 27.2 Å². The van der Waals surface area contributed by atoms with Crippen LogP contribution in [-0.2, 0) is 7.05 Å². The largest absolute Gasteiger partial charge is 0.389 e. The molecule has 0 radical (unpaired) electrons. The molecule has 2 atom stereocenters. The lowest BCUT2D eigenvalue weighted by Gasteiger charge is -2.37. The molecule has 1 aliphatic rings. The Morgan fingerprint density at radius 1 is 1.39 bits per heavy atom. The number of hydrogen-bond acceptors (Lipinski definition) is 3. The van der Waals surface area contributed by atoms with Crippen molar-refractivity contribution in [3.05, 3.63) is 11.3 Å². The van der Waals surface area contributed by atoms with Gasteiger partial charge in [0.05, 0.1) is 11.3 Å². The Labute approximate surface area is 114 Å². The van der Waals surface area contributed by atoms with Crippen LogP contribution in [-0.4, -0.2) is 27.9 Å². The van der Waals surface area contributed by atoms with Crippen LogP contribution in [0.4, 0.5) is 5.82 Å². The molecule has 1 saturated heterocycles. The molecule has 100 valence electrons. The zero-order valence-corrected chi connectivity index (χ0v) is 12.4. The predicted molar refractivity (Wildman–Crippen MR) is 79.0 cm³/mol. The van der Waals surface area contributed by atoms with Gasteiger partial charge in [-0.25, -0.2) is 0 Å². The van der Waals surface area contributed by atoms with E-state index in [-0.39, 0.29) is 0 Å². The summed E-state index contributed by atoms with van der Waals surface area (Å²) in [7, 11) is 1.97. The van der Waals surface area contributed by atoms with E-state index in [1.165, 1.54) is 6.42 Å². The lowest BCUT2D eigenvalue weighted by molar-refractivity contribution is 0.321. The van der Waals surface area contributed by atoms with Gasteiger partial charge >= 0.3 is 0 Å². The molecule has 4 nitrogen and oxygen atoms in total. The predicted octanol–water partition coefficient (Wildman–Crippen LogP) is 1.85. The molecule has 1 fully saturated rings. The van der Waals surface area contributed by atoms with Crippen molar-refractivity contribution >= 4 is 23.0 Å². The molecule has 0 aliphatic carbocycles. The minimum atomic E-state index is 0.446. The minimum absolute atomic E-state index is 0.446. The van der Waals surface area contributed by atoms with Gasteiger partial charge in [0.15, 0.2) is 0 Å². The van der Waals surface area contributed by atoms with Crippen molar-refractivity contribution in [2.75, 3.05) is 18.0 Å². The molecule has 2 heterocycles. The van der Waals surface area contributed by atoms with Crippen molar-refractivity contribution in [3.8, 4) is 0 Å². The highest BCUT2D eigenvalue weighted by Gasteiger charge is 2.27. The van der Waals surface area contributed by atoms with Gasteiger partial charge in [0.2, 0.25) is 0 Å². The molecule has 0 spiro atoms. The third-order valence-electron chi connectivity index (χ3n) is 4.07. The van der Waals surface area contributed by atoms with Crippen molar-refractivity contribution in [1.29, 1.82) is 0 Å². The van der Waals surface area contributed by atoms with E-state index >= 15 is 0 Å². The summed E-state index contributed by atoms with van der Waals surface area (Å²) >= 11 is 5.17. The molecule has 1 aromatic rings. The molecule has 2 N–H and O–H groups in total. The van der Waals surface area contributed by atoms with Crippen LogP contribution in [0.1, 0.15) is 31.5 Å². The summed E-state index contributed by atoms with van der Waals surface area (Å²) in [5, 5.41) is 4.46. The highest BCUT2D eigenvalue weighted by Crippen LogP contribution is 2.30. The van der Waals surface area contributed by atoms with Crippen LogP contribution in [0.5, 0.6) is 0 Å². The third-order valence-corrected chi connectivity index (χ3v) is 4.28. The van der Waals surface area contributed by atoms with Gasteiger partial charge in [0, 0.05) is 20.1 Å². The maximum Gasteiger partial charge on any atom is 0.137 e. The highest BCUT2D eigenvalue weighted by atomic mass is 32.1. The fraction of sp³-hybridized carbons (Fsp3) is 0.692. The number of nitrogens with two attached hydrogens (primary N) is 1. The lowest BCUT2D eigenvalue weighted by atomic mass is 9.88. The summed E-state index contributed by atoms with van der Waals surface area (Å²) in [6.45, 7) is 8.70. The topological polar surface area (TPSA) is 47.1 Å². The summed E-state index contributed by atoms with van der Waals surface area (Å²) in [4.78, 5) is 2.82. The van der Waals surface area contributed by atoms with Crippen LogP contribution in [0, 0.1) is 18.8 Å². The first-order valence-corrected chi connectivity index (χ1v) is 6.91. The number of aryl methyl sites for hydroxylation is 2. The van der Waals surface area contributed by atoms with Gasteiger partial charge in [-0.2, -0.15) is 5.10 Å². The van der Waals surface area contributed by atoms with Gasteiger partial charge in [-0.15, -0.1) is 0 Å². The molecule has 0 amide bonds. The van der Waals surface area contributed by atoms with E-state index in [0.717, 1.165) is 36.1 Å². The summed E-state index contributed by atoms with van der Waals surface area (Å²) in [6, 6.07) is 0. The van der Waals surface area contributed by atoms with Gasteiger partial charge < -0.3 is 10.6 Å². The summed E-state index contributed by atoms with van der Waals surface area (Å²) in [6.07, 6.45) is 1.21. The molecule has 1 aliphatic heterocycles. The van der Waals surface area contributed by atoms with E-state index in [2.05, 4.69) is 23.8 Å². The van der Waals surface area contributed by atoms with E-state index in [1.54, 1.807) is 0 Å². The molecule has 18 heavy (non-hydrogen) atoms. The Morgan fingerprint density at radius 3 is 2.61 bits per heavy atom. The van der Waals surface area contributed by atoms with Crippen LogP contribution in [0.2, 0.25) is 0 Å². The average Bonchev–Trinajstić information content (AvgIpc) is 2.57. The molecule has 2 unspecified atom stereocenters. The van der Waals surface area contributed by atoms with Crippen molar-refractivity contribution < 1.29 is 0 Å². The number of piperidine rings is 1. The van der Waals surface area contributed by atoms with Crippen LogP contribution in [0.15, 0.2) is 0 Å². The van der Waals surface area contributed by atoms with Crippen molar-refractivity contribution in [2.24, 2.45) is 24.6 Å². The first-order chi connectivity index (χ1) is 8.41. The SMILES string of the molecule is Cc1nn(C)c(N2CCC(C)C(C)C2)c1C(N)=S. The molecule has 2 rings (SSSR count). The first-order valence-electron chi connectivity index (χ1n) is 6.50. The molecule has 1 aromatic heterocycles. The van der Waals surface area contributed by atoms with E-state index in [4.69, 9.17) is 18.0 Å². The Kier molecular flexibility index (Phi) is 3.61. The average molecular weight is 266 g/mol. The normalized spacial score (nSPS) is 24.3. The summed E-state index contributed by atoms with van der Waals surface area (Å²) in [5.41, 5.74) is 7.71. The quantitative estimate of drug-likeness (QED) is 0.830. The highest BCUT2D eigenvalue weighted by molar-refractivity contribution is 7.80. The standard InChI is InChI=1S/C13H22N4S/c1-8-5-6-17(7-9(8)2)13-11(12(14)18)10(3)15-16(13)4/h8-9H,5-7H2,1-4H3,(H2,14,18). The van der Waals surface area contributed by atoms with Gasteiger partial charge in [0.25, 0.3) is 0 Å². The second kappa shape index (κ2) is 4.88. The van der Waals surface area contributed by atoms with E-state index in [9.17, 15) is 0 Å². The van der Waals surface area contributed by atoms with Crippen LogP contribution in [0.3, 0.4) is 0 Å². The fourth-order valence-electron chi connectivity index (χ4n) is 2.75. The van der Waals surface area contributed by atoms with Gasteiger partial charge in [0.1, 0.15) is 10.8 Å². The second-order valence-corrected chi connectivity index (χ2v) is 5.90. The van der Waals surface area contributed by atoms with E-state index in [0.29, 0.717) is 10.9 Å². The summed E-state index contributed by atoms with van der Waals surface area (Å²) in [5.74, 6) is 2.55. The number of hydrogen-bond donors (Lipinski definition) is 1. The summed E-state index contributed by atoms with van der Waals surface area (Å²) < 4.78 is 1.91. The maximum atomic E-state index is 5.85. The molecule has 5 heteroatoms. The van der Waals surface area contributed by atoms with Gasteiger partial charge in [-0.3, -0.25) is 4.68 Å². The van der Waals surface area contributed by atoms with Crippen molar-refractivity contribution in [3.63, 3.8) is 0 Å². The molecule has 0 bridgehead atoms. The smallest absolute Gasteiger partial charge is 0.137 e. The maximum absolute atomic E-state index is 5.85. The zero-order valence-electron chi connectivity index (χ0n) is 11.6. The Morgan fingerprint density at radius 2 is 2.06 bits per heavy atom. The van der Waals surface area contributed by atoms with Crippen molar-refractivity contribution in [1.82, 2.24) is 9.78 Å². The second-order valence-electron chi connectivity index (χ2n) is 5.46. The van der Waals surface area contributed by atoms with E-state index in [1.807, 2.05) is 18.7 Å². The lowest BCUT2D eigenvalue weighted by Crippen LogP contribution is -2.40. The molecular formula is C13H22N4S. The van der Waals surface area contributed by atoms with Crippen LogP contribution < -0.4 is 10.6 Å². The number of nitrogens with zero attached hydrogens (tertiary/aromatic N) is 3. The first kappa shape index (κ1) is 13.3. The molecule has 0 saturated carbocycles.